The number of benzene rings is 1. The standard InChI is InChI=1S/C16H22FN3/c1-5-8-18-16(15-10-20(4)19-12(15)3)14-7-6-13(17)9-11(14)2/h6-7,9-10,16,18H,5,8H2,1-4H3. The summed E-state index contributed by atoms with van der Waals surface area (Å²) in [5.74, 6) is -0.191. The van der Waals surface area contributed by atoms with Crippen LogP contribution in [-0.4, -0.2) is 16.3 Å². The summed E-state index contributed by atoms with van der Waals surface area (Å²) >= 11 is 0. The molecule has 0 amide bonds. The maximum atomic E-state index is 13.3. The summed E-state index contributed by atoms with van der Waals surface area (Å²) in [6, 6.07) is 5.03. The normalized spacial score (nSPS) is 12.7. The highest BCUT2D eigenvalue weighted by Gasteiger charge is 2.19. The molecule has 0 radical (unpaired) electrons. The Bertz CT molecular complexity index is 589. The van der Waals surface area contributed by atoms with Gasteiger partial charge in [-0.2, -0.15) is 5.10 Å². The minimum atomic E-state index is -0.191. The van der Waals surface area contributed by atoms with Crippen molar-refractivity contribution in [3.8, 4) is 0 Å². The van der Waals surface area contributed by atoms with Gasteiger partial charge in [0.05, 0.1) is 11.7 Å². The summed E-state index contributed by atoms with van der Waals surface area (Å²) in [7, 11) is 1.92. The first-order valence-corrected chi connectivity index (χ1v) is 7.02. The molecule has 2 aromatic rings. The molecule has 0 saturated heterocycles. The number of aryl methyl sites for hydroxylation is 3. The van der Waals surface area contributed by atoms with Gasteiger partial charge in [-0.05, 0) is 50.1 Å². The van der Waals surface area contributed by atoms with Crippen LogP contribution < -0.4 is 5.32 Å². The Morgan fingerprint density at radius 3 is 2.60 bits per heavy atom. The Hall–Kier alpha value is -1.68. The molecule has 20 heavy (non-hydrogen) atoms. The Labute approximate surface area is 119 Å². The summed E-state index contributed by atoms with van der Waals surface area (Å²) in [6.07, 6.45) is 3.08. The van der Waals surface area contributed by atoms with Gasteiger partial charge >= 0.3 is 0 Å². The molecule has 1 heterocycles. The fraction of sp³-hybridized carbons (Fsp3) is 0.438. The van der Waals surface area contributed by atoms with Gasteiger partial charge in [0, 0.05) is 18.8 Å². The number of hydrogen-bond donors (Lipinski definition) is 1. The van der Waals surface area contributed by atoms with Crippen LogP contribution in [0, 0.1) is 19.7 Å². The first-order chi connectivity index (χ1) is 9.52. The van der Waals surface area contributed by atoms with Crippen LogP contribution in [0.25, 0.3) is 0 Å². The molecular formula is C16H22FN3. The molecule has 1 aromatic carbocycles. The lowest BCUT2D eigenvalue weighted by Gasteiger charge is -2.20. The predicted octanol–water partition coefficient (Wildman–Crippen LogP) is 3.27. The van der Waals surface area contributed by atoms with E-state index in [4.69, 9.17) is 0 Å². The number of nitrogens with zero attached hydrogens (tertiary/aromatic N) is 2. The van der Waals surface area contributed by atoms with Crippen LogP contribution in [0.1, 0.15) is 41.8 Å². The molecule has 1 N–H and O–H groups in total. The Morgan fingerprint density at radius 2 is 2.05 bits per heavy atom. The van der Waals surface area contributed by atoms with Crippen molar-refractivity contribution in [3.05, 3.63) is 52.6 Å². The second-order valence-corrected chi connectivity index (χ2v) is 5.23. The monoisotopic (exact) mass is 275 g/mol. The highest BCUT2D eigenvalue weighted by molar-refractivity contribution is 5.37. The maximum Gasteiger partial charge on any atom is 0.123 e. The third-order valence-corrected chi connectivity index (χ3v) is 3.50. The van der Waals surface area contributed by atoms with Crippen LogP contribution in [0.5, 0.6) is 0 Å². The summed E-state index contributed by atoms with van der Waals surface area (Å²) in [4.78, 5) is 0. The minimum absolute atomic E-state index is 0.0595. The van der Waals surface area contributed by atoms with Crippen molar-refractivity contribution in [2.24, 2.45) is 7.05 Å². The summed E-state index contributed by atoms with van der Waals surface area (Å²) in [5, 5.41) is 7.96. The molecule has 1 atom stereocenters. The van der Waals surface area contributed by atoms with Crippen LogP contribution in [0.4, 0.5) is 4.39 Å². The fourth-order valence-electron chi connectivity index (χ4n) is 2.54. The smallest absolute Gasteiger partial charge is 0.123 e. The Balaban J connectivity index is 2.44. The molecule has 4 heteroatoms. The van der Waals surface area contributed by atoms with Crippen LogP contribution in [-0.2, 0) is 7.05 Å². The van der Waals surface area contributed by atoms with Crippen molar-refractivity contribution in [1.82, 2.24) is 15.1 Å². The van der Waals surface area contributed by atoms with Gasteiger partial charge in [0.15, 0.2) is 0 Å². The molecule has 3 nitrogen and oxygen atoms in total. The molecule has 0 spiro atoms. The predicted molar refractivity (Wildman–Crippen MR) is 79.2 cm³/mol. The molecule has 108 valence electrons. The van der Waals surface area contributed by atoms with Crippen molar-refractivity contribution in [2.75, 3.05) is 6.54 Å². The molecule has 0 aliphatic heterocycles. The molecular weight excluding hydrogens is 253 g/mol. The van der Waals surface area contributed by atoms with E-state index in [1.165, 1.54) is 6.07 Å². The highest BCUT2D eigenvalue weighted by atomic mass is 19.1. The largest absolute Gasteiger partial charge is 0.306 e. The zero-order chi connectivity index (χ0) is 14.7. The molecule has 1 unspecified atom stereocenters. The van der Waals surface area contributed by atoms with E-state index in [0.29, 0.717) is 0 Å². The summed E-state index contributed by atoms with van der Waals surface area (Å²) in [5.41, 5.74) is 4.22. The Kier molecular flexibility index (Phi) is 4.55. The quantitative estimate of drug-likeness (QED) is 0.907. The highest BCUT2D eigenvalue weighted by Crippen LogP contribution is 2.27. The zero-order valence-corrected chi connectivity index (χ0v) is 12.6. The van der Waals surface area contributed by atoms with E-state index in [1.807, 2.05) is 37.8 Å². The van der Waals surface area contributed by atoms with E-state index < -0.39 is 0 Å². The van der Waals surface area contributed by atoms with Gasteiger partial charge in [0.25, 0.3) is 0 Å². The molecule has 0 aliphatic rings. The van der Waals surface area contributed by atoms with Crippen molar-refractivity contribution in [1.29, 1.82) is 0 Å². The lowest BCUT2D eigenvalue weighted by molar-refractivity contribution is 0.587. The molecule has 2 rings (SSSR count). The number of rotatable bonds is 5. The van der Waals surface area contributed by atoms with Gasteiger partial charge in [-0.15, -0.1) is 0 Å². The molecule has 1 aromatic heterocycles. The van der Waals surface area contributed by atoms with Crippen molar-refractivity contribution in [3.63, 3.8) is 0 Å². The van der Waals surface area contributed by atoms with Gasteiger partial charge in [-0.1, -0.05) is 13.0 Å². The molecule has 0 aliphatic carbocycles. The minimum Gasteiger partial charge on any atom is -0.306 e. The first kappa shape index (κ1) is 14.7. The topological polar surface area (TPSA) is 29.9 Å². The third-order valence-electron chi connectivity index (χ3n) is 3.50. The SMILES string of the molecule is CCCNC(c1ccc(F)cc1C)c1cn(C)nc1C. The van der Waals surface area contributed by atoms with Crippen molar-refractivity contribution in [2.45, 2.75) is 33.2 Å². The lowest BCUT2D eigenvalue weighted by Crippen LogP contribution is -2.24. The van der Waals surface area contributed by atoms with E-state index in [1.54, 1.807) is 6.07 Å². The van der Waals surface area contributed by atoms with E-state index in [2.05, 4.69) is 17.3 Å². The maximum absolute atomic E-state index is 13.3. The number of halogens is 1. The lowest BCUT2D eigenvalue weighted by atomic mass is 9.95. The first-order valence-electron chi connectivity index (χ1n) is 7.02. The van der Waals surface area contributed by atoms with Gasteiger partial charge in [-0.25, -0.2) is 4.39 Å². The number of nitrogens with one attached hydrogen (secondary N) is 1. The zero-order valence-electron chi connectivity index (χ0n) is 12.6. The van der Waals surface area contributed by atoms with Crippen LogP contribution in [0.3, 0.4) is 0 Å². The van der Waals surface area contributed by atoms with E-state index >= 15 is 0 Å². The van der Waals surface area contributed by atoms with E-state index in [9.17, 15) is 4.39 Å². The molecule has 0 bridgehead atoms. The third kappa shape index (κ3) is 3.07. The van der Waals surface area contributed by atoms with Crippen molar-refractivity contribution >= 4 is 0 Å². The fourth-order valence-corrected chi connectivity index (χ4v) is 2.54. The molecule has 0 saturated carbocycles. The van der Waals surface area contributed by atoms with Crippen LogP contribution >= 0.6 is 0 Å². The second-order valence-electron chi connectivity index (χ2n) is 5.23. The summed E-state index contributed by atoms with van der Waals surface area (Å²) < 4.78 is 15.1. The van der Waals surface area contributed by atoms with Gasteiger partial charge in [-0.3, -0.25) is 4.68 Å². The van der Waals surface area contributed by atoms with Gasteiger partial charge in [0.2, 0.25) is 0 Å². The Morgan fingerprint density at radius 1 is 1.30 bits per heavy atom. The molecule has 0 fully saturated rings. The van der Waals surface area contributed by atoms with Gasteiger partial charge in [0.1, 0.15) is 5.82 Å². The second kappa shape index (κ2) is 6.18. The van der Waals surface area contributed by atoms with Crippen molar-refractivity contribution < 1.29 is 4.39 Å². The van der Waals surface area contributed by atoms with E-state index in [0.717, 1.165) is 35.3 Å². The number of aromatic nitrogens is 2. The summed E-state index contributed by atoms with van der Waals surface area (Å²) in [6.45, 7) is 7.01. The average Bonchev–Trinajstić information content (AvgIpc) is 2.71. The van der Waals surface area contributed by atoms with Gasteiger partial charge < -0.3 is 5.32 Å². The van der Waals surface area contributed by atoms with E-state index in [-0.39, 0.29) is 11.9 Å². The number of hydrogen-bond acceptors (Lipinski definition) is 2. The van der Waals surface area contributed by atoms with Crippen LogP contribution in [0.2, 0.25) is 0 Å². The average molecular weight is 275 g/mol. The van der Waals surface area contributed by atoms with Crippen LogP contribution in [0.15, 0.2) is 24.4 Å².